The molecule has 1 aliphatic heterocycles. The molecule has 0 aliphatic carbocycles. The molecule has 10 heteroatoms. The Morgan fingerprint density at radius 1 is 1.19 bits per heavy atom. The van der Waals surface area contributed by atoms with E-state index in [2.05, 4.69) is 15.6 Å². The standard InChI is InChI=1S/C21H17N5O5/c1-31-10-9-23-21(28)17(12-22)18-15-7-2-3-8-16(15)19(24-18)25-20(27)13-5-4-6-14(11-13)26(29)30/h2-8,11H,9-10H2,1H3,(H,23,28)(H,24,25,27). The number of amides is 2. The summed E-state index contributed by atoms with van der Waals surface area (Å²) in [7, 11) is 1.49. The third-order valence-corrected chi connectivity index (χ3v) is 4.38. The Hall–Kier alpha value is -4.36. The summed E-state index contributed by atoms with van der Waals surface area (Å²) in [6, 6.07) is 13.9. The Morgan fingerprint density at radius 2 is 1.94 bits per heavy atom. The highest BCUT2D eigenvalue weighted by atomic mass is 16.6. The van der Waals surface area contributed by atoms with Gasteiger partial charge in [-0.15, -0.1) is 0 Å². The van der Waals surface area contributed by atoms with Gasteiger partial charge in [0.25, 0.3) is 17.5 Å². The first-order chi connectivity index (χ1) is 15.0. The molecule has 2 aromatic rings. The van der Waals surface area contributed by atoms with Crippen molar-refractivity contribution in [3.05, 3.63) is 80.9 Å². The Morgan fingerprint density at radius 3 is 2.61 bits per heavy atom. The van der Waals surface area contributed by atoms with Gasteiger partial charge in [-0.2, -0.15) is 5.26 Å². The number of ether oxygens (including phenoxy) is 1. The van der Waals surface area contributed by atoms with Crippen LogP contribution in [0.2, 0.25) is 0 Å². The van der Waals surface area contributed by atoms with Crippen molar-refractivity contribution in [2.24, 2.45) is 4.99 Å². The summed E-state index contributed by atoms with van der Waals surface area (Å²) in [6.07, 6.45) is 0. The molecule has 0 bridgehead atoms. The van der Waals surface area contributed by atoms with E-state index < -0.39 is 16.7 Å². The fourth-order valence-corrected chi connectivity index (χ4v) is 2.92. The van der Waals surface area contributed by atoms with Crippen molar-refractivity contribution in [3.63, 3.8) is 0 Å². The fourth-order valence-electron chi connectivity index (χ4n) is 2.92. The first kappa shape index (κ1) is 21.4. The summed E-state index contributed by atoms with van der Waals surface area (Å²) < 4.78 is 4.88. The quantitative estimate of drug-likeness (QED) is 0.240. The molecule has 0 unspecified atom stereocenters. The monoisotopic (exact) mass is 419 g/mol. The molecule has 2 aromatic carbocycles. The van der Waals surface area contributed by atoms with Crippen LogP contribution in [0.15, 0.2) is 59.1 Å². The van der Waals surface area contributed by atoms with Crippen LogP contribution in [-0.4, -0.2) is 42.8 Å². The number of benzene rings is 2. The smallest absolute Gasteiger partial charge is 0.270 e. The first-order valence-electron chi connectivity index (χ1n) is 9.12. The topological polar surface area (TPSA) is 147 Å². The van der Waals surface area contributed by atoms with E-state index in [-0.39, 0.29) is 41.5 Å². The maximum atomic E-state index is 12.7. The predicted molar refractivity (Wildman–Crippen MR) is 111 cm³/mol. The maximum Gasteiger partial charge on any atom is 0.270 e. The number of nitriles is 1. The third-order valence-electron chi connectivity index (χ3n) is 4.38. The van der Waals surface area contributed by atoms with E-state index in [0.29, 0.717) is 11.1 Å². The largest absolute Gasteiger partial charge is 0.383 e. The molecule has 0 spiro atoms. The highest BCUT2D eigenvalue weighted by Crippen LogP contribution is 2.30. The van der Waals surface area contributed by atoms with Crippen LogP contribution in [0.4, 0.5) is 5.69 Å². The lowest BCUT2D eigenvalue weighted by Crippen LogP contribution is -2.30. The van der Waals surface area contributed by atoms with Gasteiger partial charge in [0.15, 0.2) is 0 Å². The van der Waals surface area contributed by atoms with E-state index in [1.165, 1.54) is 25.3 Å². The number of hydrogen-bond acceptors (Lipinski definition) is 7. The summed E-state index contributed by atoms with van der Waals surface area (Å²) >= 11 is 0. The van der Waals surface area contributed by atoms with Gasteiger partial charge in [0.1, 0.15) is 17.5 Å². The number of methoxy groups -OCH3 is 1. The van der Waals surface area contributed by atoms with Gasteiger partial charge in [-0.05, 0) is 6.07 Å². The van der Waals surface area contributed by atoms with Crippen molar-refractivity contribution >= 4 is 29.0 Å². The van der Waals surface area contributed by atoms with E-state index in [4.69, 9.17) is 4.74 Å². The van der Waals surface area contributed by atoms with Gasteiger partial charge >= 0.3 is 0 Å². The number of non-ortho nitro benzene ring substituents is 1. The van der Waals surface area contributed by atoms with Crippen LogP contribution < -0.4 is 10.6 Å². The Bertz CT molecular complexity index is 1160. The molecular weight excluding hydrogens is 402 g/mol. The number of carbonyl (C=O) groups excluding carboxylic acids is 2. The zero-order valence-corrected chi connectivity index (χ0v) is 16.4. The number of aliphatic imine (C=N–C) groups is 1. The van der Waals surface area contributed by atoms with E-state index in [9.17, 15) is 25.0 Å². The average molecular weight is 419 g/mol. The van der Waals surface area contributed by atoms with Crippen molar-refractivity contribution in [1.82, 2.24) is 10.6 Å². The second-order valence-electron chi connectivity index (χ2n) is 6.35. The second-order valence-corrected chi connectivity index (χ2v) is 6.35. The molecule has 0 radical (unpaired) electrons. The molecular formula is C21H17N5O5. The number of fused-ring (bicyclic) bond motifs is 1. The average Bonchev–Trinajstić information content (AvgIpc) is 3.13. The Kier molecular flexibility index (Phi) is 6.49. The van der Waals surface area contributed by atoms with Crippen LogP contribution in [-0.2, 0) is 9.53 Å². The predicted octanol–water partition coefficient (Wildman–Crippen LogP) is 1.78. The van der Waals surface area contributed by atoms with Gasteiger partial charge in [-0.3, -0.25) is 19.7 Å². The summed E-state index contributed by atoms with van der Waals surface area (Å²) in [5, 5.41) is 25.7. The maximum absolute atomic E-state index is 12.7. The number of nitro groups is 1. The molecule has 2 amide bonds. The van der Waals surface area contributed by atoms with Crippen LogP contribution in [0.1, 0.15) is 21.5 Å². The van der Waals surface area contributed by atoms with Crippen LogP contribution in [0.5, 0.6) is 0 Å². The molecule has 156 valence electrons. The number of nitrogens with zero attached hydrogens (tertiary/aromatic N) is 3. The van der Waals surface area contributed by atoms with E-state index in [0.717, 1.165) is 6.07 Å². The zero-order chi connectivity index (χ0) is 22.4. The number of carbonyl (C=O) groups is 2. The minimum atomic E-state index is -0.612. The highest BCUT2D eigenvalue weighted by Gasteiger charge is 2.27. The molecule has 3 rings (SSSR count). The summed E-state index contributed by atoms with van der Waals surface area (Å²) in [5.74, 6) is -1.08. The van der Waals surface area contributed by atoms with Crippen molar-refractivity contribution in [2.75, 3.05) is 20.3 Å². The Labute approximate surface area is 177 Å². The summed E-state index contributed by atoms with van der Waals surface area (Å²) in [4.78, 5) is 39.8. The van der Waals surface area contributed by atoms with Crippen LogP contribution >= 0.6 is 0 Å². The SMILES string of the molecule is COCCNC(=O)C(C#N)=C1N=C(NC(=O)c2cccc([N+](=O)[O-])c2)c2ccccc21. The lowest BCUT2D eigenvalue weighted by Gasteiger charge is -2.06. The van der Waals surface area contributed by atoms with E-state index in [1.807, 2.05) is 6.07 Å². The molecule has 10 nitrogen and oxygen atoms in total. The number of nitrogens with one attached hydrogen (secondary N) is 2. The molecule has 0 fully saturated rings. The number of amidine groups is 1. The van der Waals surface area contributed by atoms with E-state index in [1.54, 1.807) is 24.3 Å². The molecule has 2 N–H and O–H groups in total. The van der Waals surface area contributed by atoms with Crippen LogP contribution in [0.3, 0.4) is 0 Å². The molecule has 0 atom stereocenters. The summed E-state index contributed by atoms with van der Waals surface area (Å²) in [5.41, 5.74) is 0.806. The number of hydrogen-bond donors (Lipinski definition) is 2. The minimum Gasteiger partial charge on any atom is -0.383 e. The van der Waals surface area contributed by atoms with Crippen molar-refractivity contribution < 1.29 is 19.2 Å². The van der Waals surface area contributed by atoms with Crippen molar-refractivity contribution in [2.45, 2.75) is 0 Å². The van der Waals surface area contributed by atoms with Gasteiger partial charge < -0.3 is 15.4 Å². The number of nitro benzene ring substituents is 1. The Balaban J connectivity index is 1.95. The number of rotatable bonds is 6. The van der Waals surface area contributed by atoms with Crippen molar-refractivity contribution in [1.29, 1.82) is 5.26 Å². The first-order valence-corrected chi connectivity index (χ1v) is 9.12. The highest BCUT2D eigenvalue weighted by molar-refractivity contribution is 6.20. The van der Waals surface area contributed by atoms with Gasteiger partial charge in [-0.1, -0.05) is 30.3 Å². The minimum absolute atomic E-state index is 0.0737. The lowest BCUT2D eigenvalue weighted by atomic mass is 10.0. The zero-order valence-electron chi connectivity index (χ0n) is 16.4. The molecule has 1 aliphatic rings. The van der Waals surface area contributed by atoms with Gasteiger partial charge in [0.2, 0.25) is 0 Å². The molecule has 0 saturated carbocycles. The second kappa shape index (κ2) is 9.43. The normalized spacial score (nSPS) is 13.5. The van der Waals surface area contributed by atoms with Gasteiger partial charge in [0, 0.05) is 42.5 Å². The van der Waals surface area contributed by atoms with Gasteiger partial charge in [0.05, 0.1) is 17.2 Å². The van der Waals surface area contributed by atoms with Crippen LogP contribution in [0, 0.1) is 21.4 Å². The van der Waals surface area contributed by atoms with Crippen LogP contribution in [0.25, 0.3) is 5.70 Å². The molecule has 31 heavy (non-hydrogen) atoms. The van der Waals surface area contributed by atoms with Gasteiger partial charge in [-0.25, -0.2) is 4.99 Å². The van der Waals surface area contributed by atoms with E-state index >= 15 is 0 Å². The fraction of sp³-hybridized carbons (Fsp3) is 0.143. The summed E-state index contributed by atoms with van der Waals surface area (Å²) in [6.45, 7) is 0.500. The molecule has 0 aromatic heterocycles. The molecule has 0 saturated heterocycles. The molecule has 1 heterocycles. The lowest BCUT2D eigenvalue weighted by molar-refractivity contribution is -0.384. The van der Waals surface area contributed by atoms with Crippen molar-refractivity contribution in [3.8, 4) is 6.07 Å². The third kappa shape index (κ3) is 4.63.